The average molecular weight is 264 g/mol. The van der Waals surface area contributed by atoms with Crippen LogP contribution in [-0.4, -0.2) is 19.3 Å². The third-order valence-corrected chi connectivity index (χ3v) is 1.85. The molecule has 1 aromatic heterocycles. The van der Waals surface area contributed by atoms with E-state index in [1.54, 1.807) is 12.3 Å². The highest BCUT2D eigenvalue weighted by Gasteiger charge is 1.91. The van der Waals surface area contributed by atoms with E-state index in [-0.39, 0.29) is 5.88 Å². The van der Waals surface area contributed by atoms with Crippen LogP contribution in [0.4, 0.5) is 5.69 Å². The van der Waals surface area contributed by atoms with Crippen LogP contribution in [0.3, 0.4) is 0 Å². The predicted molar refractivity (Wildman–Crippen MR) is 51.6 cm³/mol. The highest BCUT2D eigenvalue weighted by atomic mass is 79.9. The van der Waals surface area contributed by atoms with E-state index in [1.165, 1.54) is 6.20 Å². The summed E-state index contributed by atoms with van der Waals surface area (Å²) in [4.78, 5) is 3.83. The van der Waals surface area contributed by atoms with E-state index in [4.69, 9.17) is 0 Å². The normalized spacial score (nSPS) is 11.2. The van der Waals surface area contributed by atoms with Crippen LogP contribution < -0.4 is 0 Å². The summed E-state index contributed by atoms with van der Waals surface area (Å²) < 4.78 is 21.0. The molecule has 7 heteroatoms. The summed E-state index contributed by atoms with van der Waals surface area (Å²) in [7, 11) is -2.50. The molecule has 0 aliphatic carbocycles. The van der Waals surface area contributed by atoms with Gasteiger partial charge in [0.15, 0.2) is 16.6 Å². The molecule has 1 aromatic rings. The van der Waals surface area contributed by atoms with E-state index in [0.717, 1.165) is 4.47 Å². The van der Waals surface area contributed by atoms with Crippen LogP contribution in [0.2, 0.25) is 0 Å². The second-order valence-corrected chi connectivity index (χ2v) is 3.94. The van der Waals surface area contributed by atoms with Crippen molar-refractivity contribution in [1.82, 2.24) is 4.98 Å². The number of azo groups is 1. The topological polar surface area (TPSA) is 71.8 Å². The summed E-state index contributed by atoms with van der Waals surface area (Å²) in [6.45, 7) is 0. The molecule has 5 nitrogen and oxygen atoms in total. The van der Waals surface area contributed by atoms with Crippen molar-refractivity contribution in [2.24, 2.45) is 10.2 Å². The van der Waals surface area contributed by atoms with Crippen molar-refractivity contribution in [3.8, 4) is 0 Å². The van der Waals surface area contributed by atoms with E-state index in [2.05, 4.69) is 31.1 Å². The minimum atomic E-state index is -2.50. The molecule has 1 heterocycles. The number of pyridine rings is 1. The van der Waals surface area contributed by atoms with Gasteiger partial charge < -0.3 is 0 Å². The largest absolute Gasteiger partial charge is 0.261 e. The van der Waals surface area contributed by atoms with Crippen LogP contribution in [-0.2, 0) is 10.7 Å². The molecule has 0 atom stereocenters. The molecule has 0 radical (unpaired) electrons. The standard InChI is InChI=1S/C6H6BrN3O2S/c7-5-1-6(3-8-2-5)10-9-4-13(11)12/h1-3,13H,4H2. The quantitative estimate of drug-likeness (QED) is 0.664. The lowest BCUT2D eigenvalue weighted by Crippen LogP contribution is -1.78. The minimum absolute atomic E-state index is 0.290. The number of hydrogen-bond acceptors (Lipinski definition) is 5. The SMILES string of the molecule is O=[SH](=O)CN=Nc1cncc(Br)c1. The zero-order valence-electron chi connectivity index (χ0n) is 6.42. The Balaban J connectivity index is 2.68. The lowest BCUT2D eigenvalue weighted by molar-refractivity contribution is 0.614. The van der Waals surface area contributed by atoms with Gasteiger partial charge in [0.1, 0.15) is 5.69 Å². The van der Waals surface area contributed by atoms with Crippen molar-refractivity contribution in [2.45, 2.75) is 0 Å². The van der Waals surface area contributed by atoms with Gasteiger partial charge in [-0.15, -0.1) is 0 Å². The van der Waals surface area contributed by atoms with Crippen molar-refractivity contribution in [2.75, 3.05) is 5.88 Å². The summed E-state index contributed by atoms with van der Waals surface area (Å²) in [6.07, 6.45) is 3.10. The Bertz CT molecular complexity index is 383. The molecule has 0 aliphatic heterocycles. The Kier molecular flexibility index (Phi) is 3.97. The number of rotatable bonds is 3. The van der Waals surface area contributed by atoms with E-state index in [9.17, 15) is 8.42 Å². The first-order valence-electron chi connectivity index (χ1n) is 3.28. The Morgan fingerprint density at radius 2 is 2.23 bits per heavy atom. The number of halogens is 1. The Morgan fingerprint density at radius 1 is 1.46 bits per heavy atom. The average Bonchev–Trinajstić information content (AvgIpc) is 2.03. The molecule has 0 N–H and O–H groups in total. The first kappa shape index (κ1) is 10.3. The van der Waals surface area contributed by atoms with Crippen LogP contribution in [0.25, 0.3) is 0 Å². The molecule has 0 aromatic carbocycles. The van der Waals surface area contributed by atoms with Gasteiger partial charge in [0.25, 0.3) is 0 Å². The summed E-state index contributed by atoms with van der Waals surface area (Å²) in [5.41, 5.74) is 0.520. The van der Waals surface area contributed by atoms with E-state index >= 15 is 0 Å². The highest BCUT2D eigenvalue weighted by molar-refractivity contribution is 9.10. The van der Waals surface area contributed by atoms with Crippen LogP contribution in [0.1, 0.15) is 0 Å². The molecule has 0 aliphatic rings. The molecule has 0 saturated carbocycles. The lowest BCUT2D eigenvalue weighted by Gasteiger charge is -1.90. The van der Waals surface area contributed by atoms with Gasteiger partial charge in [-0.1, -0.05) is 0 Å². The van der Waals surface area contributed by atoms with Crippen molar-refractivity contribution in [3.63, 3.8) is 0 Å². The van der Waals surface area contributed by atoms with E-state index in [0.29, 0.717) is 5.69 Å². The second-order valence-electron chi connectivity index (χ2n) is 2.08. The zero-order valence-corrected chi connectivity index (χ0v) is 8.90. The molecule has 1 rings (SSSR count). The van der Waals surface area contributed by atoms with Gasteiger partial charge in [0, 0.05) is 10.7 Å². The van der Waals surface area contributed by atoms with Crippen LogP contribution in [0.15, 0.2) is 33.2 Å². The van der Waals surface area contributed by atoms with Gasteiger partial charge in [-0.2, -0.15) is 10.2 Å². The molecule has 13 heavy (non-hydrogen) atoms. The first-order valence-corrected chi connectivity index (χ1v) is 5.44. The molecular weight excluding hydrogens is 258 g/mol. The molecule has 0 bridgehead atoms. The molecular formula is C6H6BrN3O2S. The molecule has 70 valence electrons. The predicted octanol–water partition coefficient (Wildman–Crippen LogP) is 1.50. The molecule has 0 spiro atoms. The van der Waals surface area contributed by atoms with Gasteiger partial charge in [-0.25, -0.2) is 8.42 Å². The summed E-state index contributed by atoms with van der Waals surface area (Å²) in [5.74, 6) is -0.290. The van der Waals surface area contributed by atoms with Crippen molar-refractivity contribution < 1.29 is 8.42 Å². The first-order chi connectivity index (χ1) is 6.18. The van der Waals surface area contributed by atoms with Gasteiger partial charge in [-0.3, -0.25) is 4.98 Å². The molecule has 0 unspecified atom stereocenters. The van der Waals surface area contributed by atoms with Crippen LogP contribution in [0, 0.1) is 0 Å². The lowest BCUT2D eigenvalue weighted by atomic mass is 10.4. The Morgan fingerprint density at radius 3 is 2.85 bits per heavy atom. The van der Waals surface area contributed by atoms with Gasteiger partial charge >= 0.3 is 0 Å². The van der Waals surface area contributed by atoms with Gasteiger partial charge in [0.2, 0.25) is 0 Å². The maximum absolute atomic E-state index is 10.1. The maximum atomic E-state index is 10.1. The van der Waals surface area contributed by atoms with E-state index < -0.39 is 10.7 Å². The van der Waals surface area contributed by atoms with Gasteiger partial charge in [-0.05, 0) is 22.0 Å². The highest BCUT2D eigenvalue weighted by Crippen LogP contribution is 2.16. The molecule has 0 saturated heterocycles. The smallest absolute Gasteiger partial charge is 0.162 e. The molecule has 0 amide bonds. The summed E-state index contributed by atoms with van der Waals surface area (Å²) in [5, 5.41) is 7.11. The van der Waals surface area contributed by atoms with Crippen molar-refractivity contribution >= 4 is 32.3 Å². The number of thiol groups is 1. The fourth-order valence-corrected chi connectivity index (χ4v) is 1.14. The third kappa shape index (κ3) is 4.09. The number of aromatic nitrogens is 1. The maximum Gasteiger partial charge on any atom is 0.162 e. The summed E-state index contributed by atoms with van der Waals surface area (Å²) >= 11 is 3.20. The van der Waals surface area contributed by atoms with Crippen LogP contribution in [0.5, 0.6) is 0 Å². The third-order valence-electron chi connectivity index (χ3n) is 1.06. The van der Waals surface area contributed by atoms with Crippen molar-refractivity contribution in [3.05, 3.63) is 22.9 Å². The molecule has 0 fully saturated rings. The Hall–Kier alpha value is -0.820. The fraction of sp³-hybridized carbons (Fsp3) is 0.167. The van der Waals surface area contributed by atoms with Crippen molar-refractivity contribution in [1.29, 1.82) is 0 Å². The zero-order chi connectivity index (χ0) is 9.68. The minimum Gasteiger partial charge on any atom is -0.261 e. The number of nitrogens with zero attached hydrogens (tertiary/aromatic N) is 3. The monoisotopic (exact) mass is 263 g/mol. The van der Waals surface area contributed by atoms with Crippen LogP contribution >= 0.6 is 15.9 Å². The summed E-state index contributed by atoms with van der Waals surface area (Å²) in [6, 6.07) is 1.69. The fourth-order valence-electron chi connectivity index (χ4n) is 0.620. The Labute approximate surface area is 85.0 Å². The second kappa shape index (κ2) is 5.03. The number of hydrogen-bond donors (Lipinski definition) is 1. The van der Waals surface area contributed by atoms with Gasteiger partial charge in [0.05, 0.1) is 6.20 Å². The van der Waals surface area contributed by atoms with E-state index in [1.807, 2.05) is 0 Å².